The normalized spacial score (nSPS) is 15.3. The first-order valence-electron chi connectivity index (χ1n) is 5.03. The molecule has 0 atom stereocenters. The Morgan fingerprint density at radius 1 is 1.73 bits per heavy atom. The van der Waals surface area contributed by atoms with E-state index < -0.39 is 0 Å². The highest BCUT2D eigenvalue weighted by Crippen LogP contribution is 2.38. The molecule has 0 aromatic carbocycles. The fourth-order valence-electron chi connectivity index (χ4n) is 1.47. The minimum Gasteiger partial charge on any atom is -0.465 e. The van der Waals surface area contributed by atoms with Gasteiger partial charge < -0.3 is 4.74 Å². The molecule has 1 aromatic rings. The molecule has 1 saturated carbocycles. The average Bonchev–Trinajstić information content (AvgIpc) is 2.96. The number of H-pyrrole nitrogens is 1. The quantitative estimate of drug-likeness (QED) is 0.623. The lowest BCUT2D eigenvalue weighted by Gasteiger charge is -2.04. The fraction of sp³-hybridized carbons (Fsp3) is 0.667. The Balaban J connectivity index is 2.15. The van der Waals surface area contributed by atoms with Crippen molar-refractivity contribution < 1.29 is 9.53 Å². The van der Waals surface area contributed by atoms with Crippen LogP contribution in [-0.4, -0.2) is 27.3 Å². The highest BCUT2D eigenvalue weighted by atomic mass is 32.1. The third-order valence-corrected chi connectivity index (χ3v) is 2.63. The molecule has 1 N–H and O–H groups in total. The van der Waals surface area contributed by atoms with E-state index in [4.69, 9.17) is 17.0 Å². The van der Waals surface area contributed by atoms with Crippen LogP contribution in [-0.2, 0) is 16.1 Å². The summed E-state index contributed by atoms with van der Waals surface area (Å²) in [6.45, 7) is 2.34. The SMILES string of the molecule is CCOC(=O)Cn1c(C2CC2)n[nH]c1=S. The third-order valence-electron chi connectivity index (χ3n) is 2.32. The molecule has 1 aliphatic carbocycles. The maximum Gasteiger partial charge on any atom is 0.326 e. The molecule has 0 spiro atoms. The molecule has 1 heterocycles. The molecule has 15 heavy (non-hydrogen) atoms. The predicted molar refractivity (Wildman–Crippen MR) is 56.0 cm³/mol. The van der Waals surface area contributed by atoms with Gasteiger partial charge in [-0.2, -0.15) is 5.10 Å². The van der Waals surface area contributed by atoms with Crippen molar-refractivity contribution in [1.82, 2.24) is 14.8 Å². The van der Waals surface area contributed by atoms with Crippen molar-refractivity contribution in [3.8, 4) is 0 Å². The molecule has 1 fully saturated rings. The first-order valence-corrected chi connectivity index (χ1v) is 5.44. The molecular formula is C9H13N3O2S. The summed E-state index contributed by atoms with van der Waals surface area (Å²) < 4.78 is 7.10. The Hall–Kier alpha value is -1.17. The van der Waals surface area contributed by atoms with Crippen molar-refractivity contribution in [1.29, 1.82) is 0 Å². The van der Waals surface area contributed by atoms with Gasteiger partial charge in [-0.3, -0.25) is 14.5 Å². The second-order valence-corrected chi connectivity index (χ2v) is 3.94. The number of rotatable bonds is 4. The molecule has 0 bridgehead atoms. The summed E-state index contributed by atoms with van der Waals surface area (Å²) in [6, 6.07) is 0. The molecule has 0 aliphatic heterocycles. The molecular weight excluding hydrogens is 214 g/mol. The van der Waals surface area contributed by atoms with E-state index in [1.54, 1.807) is 11.5 Å². The largest absolute Gasteiger partial charge is 0.465 e. The lowest BCUT2D eigenvalue weighted by atomic mass is 10.4. The van der Waals surface area contributed by atoms with Crippen LogP contribution in [0.1, 0.15) is 31.5 Å². The van der Waals surface area contributed by atoms with Crippen molar-refractivity contribution in [2.24, 2.45) is 0 Å². The van der Waals surface area contributed by atoms with Crippen LogP contribution in [0.4, 0.5) is 0 Å². The number of aromatic amines is 1. The number of nitrogens with one attached hydrogen (secondary N) is 1. The Labute approximate surface area is 92.4 Å². The van der Waals surface area contributed by atoms with Crippen LogP contribution in [0.2, 0.25) is 0 Å². The van der Waals surface area contributed by atoms with E-state index in [1.165, 1.54) is 0 Å². The van der Waals surface area contributed by atoms with Gasteiger partial charge in [-0.15, -0.1) is 0 Å². The minimum atomic E-state index is -0.267. The first kappa shape index (κ1) is 10.4. The second-order valence-electron chi connectivity index (χ2n) is 3.55. The van der Waals surface area contributed by atoms with Crippen LogP contribution in [0.5, 0.6) is 0 Å². The number of ether oxygens (including phenoxy) is 1. The predicted octanol–water partition coefficient (Wildman–Crippen LogP) is 1.38. The van der Waals surface area contributed by atoms with Crippen LogP contribution in [0.3, 0.4) is 0 Å². The summed E-state index contributed by atoms with van der Waals surface area (Å²) >= 11 is 5.06. The number of aromatic nitrogens is 3. The Morgan fingerprint density at radius 3 is 3.07 bits per heavy atom. The summed E-state index contributed by atoms with van der Waals surface area (Å²) in [5, 5.41) is 6.84. The van der Waals surface area contributed by atoms with E-state index in [0.29, 0.717) is 17.3 Å². The van der Waals surface area contributed by atoms with Gasteiger partial charge in [-0.05, 0) is 32.0 Å². The van der Waals surface area contributed by atoms with Crippen molar-refractivity contribution in [2.45, 2.75) is 32.2 Å². The van der Waals surface area contributed by atoms with Crippen molar-refractivity contribution in [3.63, 3.8) is 0 Å². The van der Waals surface area contributed by atoms with Gasteiger partial charge in [0.05, 0.1) is 6.61 Å². The number of carbonyl (C=O) groups excluding carboxylic acids is 1. The molecule has 2 rings (SSSR count). The van der Waals surface area contributed by atoms with Crippen LogP contribution < -0.4 is 0 Å². The minimum absolute atomic E-state index is 0.162. The highest BCUT2D eigenvalue weighted by molar-refractivity contribution is 7.71. The van der Waals surface area contributed by atoms with E-state index >= 15 is 0 Å². The summed E-state index contributed by atoms with van der Waals surface area (Å²) in [5.41, 5.74) is 0. The third kappa shape index (κ3) is 2.26. The Bertz CT molecular complexity index is 419. The standard InChI is InChI=1S/C9H13N3O2S/c1-2-14-7(13)5-12-8(6-3-4-6)10-11-9(12)15/h6H,2-5H2,1H3,(H,11,15). The van der Waals surface area contributed by atoms with E-state index in [2.05, 4.69) is 10.2 Å². The topological polar surface area (TPSA) is 59.9 Å². The van der Waals surface area contributed by atoms with Crippen LogP contribution >= 0.6 is 12.2 Å². The van der Waals surface area contributed by atoms with E-state index in [9.17, 15) is 4.79 Å². The summed E-state index contributed by atoms with van der Waals surface area (Å²) in [6.07, 6.45) is 2.25. The fourth-order valence-corrected chi connectivity index (χ4v) is 1.68. The van der Waals surface area contributed by atoms with Gasteiger partial charge >= 0.3 is 5.97 Å². The second kappa shape index (κ2) is 4.14. The monoisotopic (exact) mass is 227 g/mol. The zero-order valence-electron chi connectivity index (χ0n) is 8.52. The van der Waals surface area contributed by atoms with Crippen molar-refractivity contribution in [3.05, 3.63) is 10.6 Å². The van der Waals surface area contributed by atoms with Gasteiger partial charge in [-0.1, -0.05) is 0 Å². The molecule has 0 unspecified atom stereocenters. The number of hydrogen-bond acceptors (Lipinski definition) is 4. The van der Waals surface area contributed by atoms with Gasteiger partial charge in [0, 0.05) is 5.92 Å². The zero-order valence-corrected chi connectivity index (χ0v) is 9.34. The molecule has 1 aliphatic rings. The molecule has 82 valence electrons. The maximum absolute atomic E-state index is 11.3. The van der Waals surface area contributed by atoms with Gasteiger partial charge in [-0.25, -0.2) is 0 Å². The van der Waals surface area contributed by atoms with Crippen LogP contribution in [0.15, 0.2) is 0 Å². The van der Waals surface area contributed by atoms with E-state index in [1.807, 2.05) is 0 Å². The molecule has 5 nitrogen and oxygen atoms in total. The number of carbonyl (C=O) groups is 1. The summed E-state index contributed by atoms with van der Waals surface area (Å²) in [4.78, 5) is 11.3. The van der Waals surface area contributed by atoms with Crippen molar-refractivity contribution >= 4 is 18.2 Å². The number of hydrogen-bond donors (Lipinski definition) is 1. The van der Waals surface area contributed by atoms with Crippen molar-refractivity contribution in [2.75, 3.05) is 6.61 Å². The van der Waals surface area contributed by atoms with Gasteiger partial charge in [0.15, 0.2) is 4.77 Å². The molecule has 0 amide bonds. The molecule has 0 saturated heterocycles. The van der Waals surface area contributed by atoms with E-state index in [0.717, 1.165) is 18.7 Å². The maximum atomic E-state index is 11.3. The lowest BCUT2D eigenvalue weighted by Crippen LogP contribution is -2.15. The molecule has 0 radical (unpaired) electrons. The van der Waals surface area contributed by atoms with Gasteiger partial charge in [0.25, 0.3) is 0 Å². The zero-order chi connectivity index (χ0) is 10.8. The van der Waals surface area contributed by atoms with E-state index in [-0.39, 0.29) is 12.5 Å². The van der Waals surface area contributed by atoms with Crippen LogP contribution in [0, 0.1) is 4.77 Å². The van der Waals surface area contributed by atoms with Crippen LogP contribution in [0.25, 0.3) is 0 Å². The summed E-state index contributed by atoms with van der Waals surface area (Å²) in [5.74, 6) is 1.08. The highest BCUT2D eigenvalue weighted by Gasteiger charge is 2.29. The average molecular weight is 227 g/mol. The van der Waals surface area contributed by atoms with Gasteiger partial charge in [0.2, 0.25) is 0 Å². The molecule has 6 heteroatoms. The first-order chi connectivity index (χ1) is 7.22. The number of esters is 1. The Morgan fingerprint density at radius 2 is 2.47 bits per heavy atom. The Kier molecular flexibility index (Phi) is 2.86. The lowest BCUT2D eigenvalue weighted by molar-refractivity contribution is -0.143. The smallest absolute Gasteiger partial charge is 0.326 e. The van der Waals surface area contributed by atoms with Gasteiger partial charge in [0.1, 0.15) is 12.4 Å². The molecule has 1 aromatic heterocycles. The summed E-state index contributed by atoms with van der Waals surface area (Å²) in [7, 11) is 0. The number of nitrogens with zero attached hydrogens (tertiary/aromatic N) is 2.